The van der Waals surface area contributed by atoms with E-state index in [1.54, 1.807) is 14.2 Å². The number of benzene rings is 2. The zero-order valence-corrected chi connectivity index (χ0v) is 15.9. The Morgan fingerprint density at radius 1 is 1.04 bits per heavy atom. The third-order valence-corrected chi connectivity index (χ3v) is 4.34. The average Bonchev–Trinajstić information content (AvgIpc) is 2.59. The van der Waals surface area contributed by atoms with E-state index in [2.05, 4.69) is 6.92 Å². The summed E-state index contributed by atoms with van der Waals surface area (Å²) in [5.74, 6) is 1.47. The van der Waals surface area contributed by atoms with Crippen molar-refractivity contribution in [3.05, 3.63) is 58.1 Å². The maximum absolute atomic E-state index is 6.44. The molecule has 0 heterocycles. The highest BCUT2D eigenvalue weighted by Gasteiger charge is 2.15. The Balaban J connectivity index is 0.00000288. The minimum atomic E-state index is -0.0413. The topological polar surface area (TPSA) is 44.5 Å². The highest BCUT2D eigenvalue weighted by atomic mass is 35.5. The van der Waals surface area contributed by atoms with Gasteiger partial charge in [0.05, 0.1) is 14.2 Å². The molecule has 132 valence electrons. The molecule has 5 heteroatoms. The van der Waals surface area contributed by atoms with Crippen LogP contribution in [0, 0.1) is 0 Å². The molecule has 0 spiro atoms. The molecule has 2 aromatic carbocycles. The number of halogens is 2. The maximum Gasteiger partial charge on any atom is 0.161 e. The number of rotatable bonds is 7. The van der Waals surface area contributed by atoms with Crippen molar-refractivity contribution in [2.75, 3.05) is 14.2 Å². The first-order valence-corrected chi connectivity index (χ1v) is 8.21. The first-order chi connectivity index (χ1) is 11.1. The van der Waals surface area contributed by atoms with Crippen LogP contribution in [-0.2, 0) is 12.8 Å². The Labute approximate surface area is 155 Å². The number of hydrogen-bond acceptors (Lipinski definition) is 3. The van der Waals surface area contributed by atoms with Crippen LogP contribution in [0.4, 0.5) is 0 Å². The lowest BCUT2D eigenvalue weighted by Crippen LogP contribution is -2.14. The van der Waals surface area contributed by atoms with Gasteiger partial charge >= 0.3 is 0 Å². The van der Waals surface area contributed by atoms with E-state index in [9.17, 15) is 0 Å². The number of nitrogens with two attached hydrogens (primary N) is 1. The molecule has 0 saturated heterocycles. The van der Waals surface area contributed by atoms with Gasteiger partial charge in [-0.25, -0.2) is 0 Å². The van der Waals surface area contributed by atoms with E-state index in [0.717, 1.165) is 41.3 Å². The van der Waals surface area contributed by atoms with Crippen molar-refractivity contribution in [3.8, 4) is 11.5 Å². The fraction of sp³-hybridized carbons (Fsp3) is 0.368. The van der Waals surface area contributed by atoms with Crippen LogP contribution in [0.5, 0.6) is 11.5 Å². The smallest absolute Gasteiger partial charge is 0.161 e. The number of methoxy groups -OCH3 is 2. The molecule has 3 nitrogen and oxygen atoms in total. The van der Waals surface area contributed by atoms with Gasteiger partial charge < -0.3 is 15.2 Å². The van der Waals surface area contributed by atoms with Gasteiger partial charge in [0.2, 0.25) is 0 Å². The summed E-state index contributed by atoms with van der Waals surface area (Å²) in [4.78, 5) is 0. The van der Waals surface area contributed by atoms with Crippen molar-refractivity contribution in [2.45, 2.75) is 32.2 Å². The lowest BCUT2D eigenvalue weighted by Gasteiger charge is -2.19. The SMILES string of the molecule is CCc1cc(OC)c(OC)cc1C(N)CCc1ccc(Cl)cc1.Cl. The van der Waals surface area contributed by atoms with Crippen LogP contribution in [0.25, 0.3) is 0 Å². The molecule has 1 atom stereocenters. The Hall–Kier alpha value is -1.42. The zero-order valence-electron chi connectivity index (χ0n) is 14.3. The molecular formula is C19H25Cl2NO2. The van der Waals surface area contributed by atoms with Gasteiger partial charge in [-0.1, -0.05) is 30.7 Å². The zero-order chi connectivity index (χ0) is 16.8. The minimum absolute atomic E-state index is 0. The third kappa shape index (κ3) is 5.04. The van der Waals surface area contributed by atoms with Crippen LogP contribution in [0.15, 0.2) is 36.4 Å². The highest BCUT2D eigenvalue weighted by molar-refractivity contribution is 6.30. The molecule has 0 aliphatic heterocycles. The third-order valence-electron chi connectivity index (χ3n) is 4.08. The van der Waals surface area contributed by atoms with Crippen LogP contribution in [0.2, 0.25) is 5.02 Å². The molecule has 0 aliphatic rings. The van der Waals surface area contributed by atoms with Crippen molar-refractivity contribution in [2.24, 2.45) is 5.73 Å². The van der Waals surface area contributed by atoms with Gasteiger partial charge in [-0.3, -0.25) is 0 Å². The van der Waals surface area contributed by atoms with Gasteiger partial charge in [0.1, 0.15) is 0 Å². The maximum atomic E-state index is 6.44. The second kappa shape index (κ2) is 9.77. The summed E-state index contributed by atoms with van der Waals surface area (Å²) in [6, 6.07) is 11.9. The molecule has 0 aliphatic carbocycles. The van der Waals surface area contributed by atoms with Gasteiger partial charge in [0.25, 0.3) is 0 Å². The van der Waals surface area contributed by atoms with Gasteiger partial charge in [0, 0.05) is 11.1 Å². The number of ether oxygens (including phenoxy) is 2. The van der Waals surface area contributed by atoms with Gasteiger partial charge in [0.15, 0.2) is 11.5 Å². The van der Waals surface area contributed by atoms with Crippen LogP contribution in [0.1, 0.15) is 36.1 Å². The highest BCUT2D eigenvalue weighted by Crippen LogP contribution is 2.34. The first kappa shape index (κ1) is 20.6. The summed E-state index contributed by atoms with van der Waals surface area (Å²) in [7, 11) is 3.30. The second-order valence-corrected chi connectivity index (χ2v) is 5.97. The van der Waals surface area contributed by atoms with Gasteiger partial charge in [-0.2, -0.15) is 0 Å². The molecule has 2 aromatic rings. The fourth-order valence-corrected chi connectivity index (χ4v) is 2.84. The lowest BCUT2D eigenvalue weighted by molar-refractivity contribution is 0.353. The summed E-state index contributed by atoms with van der Waals surface area (Å²) in [5, 5.41) is 0.756. The summed E-state index contributed by atoms with van der Waals surface area (Å²) < 4.78 is 10.8. The van der Waals surface area contributed by atoms with Gasteiger partial charge in [-0.15, -0.1) is 12.4 Å². The van der Waals surface area contributed by atoms with Crippen molar-refractivity contribution in [3.63, 3.8) is 0 Å². The molecule has 0 amide bonds. The number of aryl methyl sites for hydroxylation is 2. The van der Waals surface area contributed by atoms with Crippen LogP contribution in [-0.4, -0.2) is 14.2 Å². The van der Waals surface area contributed by atoms with E-state index >= 15 is 0 Å². The molecule has 0 saturated carbocycles. The van der Waals surface area contributed by atoms with Crippen LogP contribution >= 0.6 is 24.0 Å². The minimum Gasteiger partial charge on any atom is -0.493 e. The Morgan fingerprint density at radius 3 is 2.17 bits per heavy atom. The van der Waals surface area contributed by atoms with Crippen molar-refractivity contribution in [1.82, 2.24) is 0 Å². The average molecular weight is 370 g/mol. The molecule has 24 heavy (non-hydrogen) atoms. The predicted octanol–water partition coefficient (Wildman–Crippen LogP) is 4.97. The van der Waals surface area contributed by atoms with E-state index in [1.807, 2.05) is 36.4 Å². The second-order valence-electron chi connectivity index (χ2n) is 5.53. The molecule has 2 N–H and O–H groups in total. The van der Waals surface area contributed by atoms with Crippen LogP contribution < -0.4 is 15.2 Å². The predicted molar refractivity (Wildman–Crippen MR) is 103 cm³/mol. The van der Waals surface area contributed by atoms with E-state index in [1.165, 1.54) is 11.1 Å². The normalized spacial score (nSPS) is 11.5. The summed E-state index contributed by atoms with van der Waals surface area (Å²) in [6.45, 7) is 2.12. The monoisotopic (exact) mass is 369 g/mol. The summed E-state index contributed by atoms with van der Waals surface area (Å²) in [5.41, 5.74) is 10.0. The standard InChI is InChI=1S/C19H24ClNO2.ClH/c1-4-14-11-18(22-2)19(23-3)12-16(14)17(21)10-7-13-5-8-15(20)9-6-13;/h5-6,8-9,11-12,17H,4,7,10,21H2,1-3H3;1H. The molecular weight excluding hydrogens is 345 g/mol. The van der Waals surface area contributed by atoms with Crippen molar-refractivity contribution in [1.29, 1.82) is 0 Å². The van der Waals surface area contributed by atoms with Crippen molar-refractivity contribution >= 4 is 24.0 Å². The molecule has 0 bridgehead atoms. The van der Waals surface area contributed by atoms with E-state index in [4.69, 9.17) is 26.8 Å². The van der Waals surface area contributed by atoms with E-state index in [0.29, 0.717) is 0 Å². The molecule has 0 radical (unpaired) electrons. The lowest BCUT2D eigenvalue weighted by atomic mass is 9.94. The van der Waals surface area contributed by atoms with Crippen molar-refractivity contribution < 1.29 is 9.47 Å². The Kier molecular flexibility index (Phi) is 8.40. The Bertz CT molecular complexity index is 645. The molecule has 2 rings (SSSR count). The van der Waals surface area contributed by atoms with E-state index in [-0.39, 0.29) is 18.4 Å². The first-order valence-electron chi connectivity index (χ1n) is 7.83. The quantitative estimate of drug-likeness (QED) is 0.748. The summed E-state index contributed by atoms with van der Waals surface area (Å²) >= 11 is 5.92. The van der Waals surface area contributed by atoms with E-state index < -0.39 is 0 Å². The summed E-state index contributed by atoms with van der Waals surface area (Å²) in [6.07, 6.45) is 2.68. The Morgan fingerprint density at radius 2 is 1.62 bits per heavy atom. The molecule has 0 fully saturated rings. The largest absolute Gasteiger partial charge is 0.493 e. The number of hydrogen-bond donors (Lipinski definition) is 1. The van der Waals surface area contributed by atoms with Gasteiger partial charge in [-0.05, 0) is 60.2 Å². The fourth-order valence-electron chi connectivity index (χ4n) is 2.72. The molecule has 0 aromatic heterocycles. The molecule has 1 unspecified atom stereocenters. The van der Waals surface area contributed by atoms with Crippen LogP contribution in [0.3, 0.4) is 0 Å².